The van der Waals surface area contributed by atoms with E-state index in [1.165, 1.54) is 13.1 Å². The summed E-state index contributed by atoms with van der Waals surface area (Å²) in [7, 11) is -4.70. The molecule has 0 spiro atoms. The molecule has 1 aromatic rings. The average molecular weight is 349 g/mol. The van der Waals surface area contributed by atoms with E-state index in [9.17, 15) is 14.5 Å². The minimum atomic E-state index is -4.70. The van der Waals surface area contributed by atoms with Gasteiger partial charge >= 0.3 is 13.8 Å². The molecule has 1 heterocycles. The molecular formula is C11H16N3O8P. The number of phosphoric acid groups is 1. The molecule has 11 nitrogen and oxygen atoms in total. The first-order valence-electron chi connectivity index (χ1n) is 6.13. The normalized spacial score (nSPS) is 13.2. The zero-order valence-electron chi connectivity index (χ0n) is 12.0. The number of aliphatic carboxylic acids is 1. The minimum Gasteiger partial charge on any atom is -0.505 e. The summed E-state index contributed by atoms with van der Waals surface area (Å²) in [6, 6.07) is -1.27. The summed E-state index contributed by atoms with van der Waals surface area (Å²) in [5.41, 5.74) is 5.66. The number of pyridine rings is 1. The molecule has 0 saturated carbocycles. The van der Waals surface area contributed by atoms with Crippen molar-refractivity contribution in [1.29, 1.82) is 0 Å². The van der Waals surface area contributed by atoms with Gasteiger partial charge in [-0.05, 0) is 6.92 Å². The van der Waals surface area contributed by atoms with Gasteiger partial charge in [-0.25, -0.2) is 4.57 Å². The molecule has 0 aliphatic carbocycles. The van der Waals surface area contributed by atoms with Crippen LogP contribution in [0.4, 0.5) is 0 Å². The van der Waals surface area contributed by atoms with Gasteiger partial charge in [-0.1, -0.05) is 5.16 Å². The summed E-state index contributed by atoms with van der Waals surface area (Å²) in [5, 5.41) is 22.0. The van der Waals surface area contributed by atoms with Crippen molar-refractivity contribution in [3.63, 3.8) is 0 Å². The molecule has 0 radical (unpaired) electrons. The van der Waals surface area contributed by atoms with Crippen LogP contribution in [0.3, 0.4) is 0 Å². The lowest BCUT2D eigenvalue weighted by Gasteiger charge is -2.10. The molecule has 0 saturated heterocycles. The lowest BCUT2D eigenvalue weighted by atomic mass is 10.1. The predicted octanol–water partition coefficient (Wildman–Crippen LogP) is -0.533. The number of carbonyl (C=O) groups is 1. The first-order valence-corrected chi connectivity index (χ1v) is 7.66. The predicted molar refractivity (Wildman–Crippen MR) is 76.6 cm³/mol. The summed E-state index contributed by atoms with van der Waals surface area (Å²) in [4.78, 5) is 36.4. The summed E-state index contributed by atoms with van der Waals surface area (Å²) in [6.07, 6.45) is 2.28. The van der Waals surface area contributed by atoms with E-state index < -0.39 is 33.0 Å². The number of hydrogen-bond acceptors (Lipinski definition) is 8. The van der Waals surface area contributed by atoms with E-state index in [2.05, 4.69) is 14.7 Å². The molecule has 0 unspecified atom stereocenters. The number of aryl methyl sites for hydroxylation is 1. The largest absolute Gasteiger partial charge is 0.505 e. The van der Waals surface area contributed by atoms with Crippen molar-refractivity contribution in [2.24, 2.45) is 10.9 Å². The quantitative estimate of drug-likeness (QED) is 0.232. The van der Waals surface area contributed by atoms with Crippen LogP contribution in [0.2, 0.25) is 0 Å². The van der Waals surface area contributed by atoms with Crippen molar-refractivity contribution in [3.8, 4) is 5.75 Å². The van der Waals surface area contributed by atoms with Crippen molar-refractivity contribution in [2.75, 3.05) is 6.61 Å². The average Bonchev–Trinajstić information content (AvgIpc) is 2.45. The van der Waals surface area contributed by atoms with Crippen LogP contribution in [0.5, 0.6) is 5.75 Å². The van der Waals surface area contributed by atoms with Crippen LogP contribution < -0.4 is 5.73 Å². The molecular weight excluding hydrogens is 333 g/mol. The lowest BCUT2D eigenvalue weighted by Crippen LogP contribution is -2.34. The van der Waals surface area contributed by atoms with Crippen LogP contribution in [0.1, 0.15) is 16.8 Å². The molecule has 128 valence electrons. The third kappa shape index (κ3) is 6.30. The van der Waals surface area contributed by atoms with Gasteiger partial charge < -0.3 is 30.6 Å². The van der Waals surface area contributed by atoms with Gasteiger partial charge in [-0.2, -0.15) is 0 Å². The molecule has 23 heavy (non-hydrogen) atoms. The minimum absolute atomic E-state index is 0.0647. The van der Waals surface area contributed by atoms with E-state index >= 15 is 0 Å². The first-order chi connectivity index (χ1) is 10.6. The summed E-state index contributed by atoms with van der Waals surface area (Å²) < 4.78 is 15.1. The number of rotatable bonds is 8. The van der Waals surface area contributed by atoms with E-state index in [0.29, 0.717) is 0 Å². The third-order valence-corrected chi connectivity index (χ3v) is 3.04. The molecule has 1 atom stereocenters. The second-order valence-corrected chi connectivity index (χ2v) is 5.61. The topological polar surface area (TPSA) is 185 Å². The van der Waals surface area contributed by atoms with Crippen molar-refractivity contribution in [3.05, 3.63) is 23.0 Å². The number of hydrogen-bond donors (Lipinski definition) is 5. The molecule has 0 aliphatic rings. The van der Waals surface area contributed by atoms with Crippen molar-refractivity contribution >= 4 is 20.0 Å². The van der Waals surface area contributed by atoms with Gasteiger partial charge in [0.15, 0.2) is 0 Å². The molecule has 6 N–H and O–H groups in total. The maximum absolute atomic E-state index is 10.7. The van der Waals surface area contributed by atoms with Crippen LogP contribution in [-0.2, 0) is 25.3 Å². The molecule has 0 bridgehead atoms. The third-order valence-electron chi connectivity index (χ3n) is 2.57. The Bertz CT molecular complexity index is 644. The van der Waals surface area contributed by atoms with Gasteiger partial charge in [0.2, 0.25) is 0 Å². The Balaban J connectivity index is 2.88. The maximum Gasteiger partial charge on any atom is 0.469 e. The van der Waals surface area contributed by atoms with Gasteiger partial charge in [0.25, 0.3) is 0 Å². The standard InChI is InChI=1S/C11H16N3O8P/c1-6-10(15)8(3-14-21-5-9(12)11(16)17)7(2-13-6)4-22-23(18,19)20/h2-3,9,15H,4-5,12H2,1H3,(H,16,17)(H2,18,19,20)/b14-3+/t9-/m1/s1. The molecule has 0 fully saturated rings. The van der Waals surface area contributed by atoms with Crippen LogP contribution in [0.25, 0.3) is 0 Å². The Labute approximate surface area is 130 Å². The second-order valence-electron chi connectivity index (χ2n) is 4.37. The second kappa shape index (κ2) is 7.99. The number of nitrogens with two attached hydrogens (primary N) is 1. The van der Waals surface area contributed by atoms with Gasteiger partial charge in [-0.15, -0.1) is 0 Å². The van der Waals surface area contributed by atoms with Gasteiger partial charge in [0.1, 0.15) is 18.4 Å². The first kappa shape index (κ1) is 19.0. The highest BCUT2D eigenvalue weighted by Crippen LogP contribution is 2.37. The van der Waals surface area contributed by atoms with Crippen molar-refractivity contribution in [2.45, 2.75) is 19.6 Å². The Kier molecular flexibility index (Phi) is 6.61. The fraction of sp³-hybridized carbons (Fsp3) is 0.364. The zero-order valence-corrected chi connectivity index (χ0v) is 12.9. The number of nitrogens with zero attached hydrogens (tertiary/aromatic N) is 2. The highest BCUT2D eigenvalue weighted by atomic mass is 31.2. The number of aromatic nitrogens is 1. The molecule has 0 aromatic carbocycles. The maximum atomic E-state index is 10.7. The van der Waals surface area contributed by atoms with E-state index in [0.717, 1.165) is 6.21 Å². The Hall–Kier alpha value is -2.04. The van der Waals surface area contributed by atoms with Crippen LogP contribution >= 0.6 is 7.82 Å². The summed E-state index contributed by atoms with van der Waals surface area (Å²) in [6.45, 7) is 0.577. The summed E-state index contributed by atoms with van der Waals surface area (Å²) in [5.74, 6) is -1.55. The van der Waals surface area contributed by atoms with Gasteiger partial charge in [-0.3, -0.25) is 14.3 Å². The van der Waals surface area contributed by atoms with Crippen LogP contribution in [-0.4, -0.2) is 49.8 Å². The van der Waals surface area contributed by atoms with Crippen molar-refractivity contribution < 1.29 is 38.7 Å². The fourth-order valence-electron chi connectivity index (χ4n) is 1.35. The zero-order chi connectivity index (χ0) is 17.6. The Morgan fingerprint density at radius 3 is 2.78 bits per heavy atom. The number of aromatic hydroxyl groups is 1. The molecule has 12 heteroatoms. The molecule has 0 amide bonds. The number of carboxylic acid groups (broad SMARTS) is 1. The fourth-order valence-corrected chi connectivity index (χ4v) is 1.66. The number of phosphoric ester groups is 1. The van der Waals surface area contributed by atoms with Crippen LogP contribution in [0.15, 0.2) is 11.4 Å². The smallest absolute Gasteiger partial charge is 0.469 e. The molecule has 1 aromatic heterocycles. The van der Waals surface area contributed by atoms with E-state index in [4.69, 9.17) is 25.5 Å². The number of oxime groups is 1. The van der Waals surface area contributed by atoms with Gasteiger partial charge in [0.05, 0.1) is 18.5 Å². The SMILES string of the molecule is Cc1ncc(COP(=O)(O)O)c(/C=N/OC[C@@H](N)C(=O)O)c1O. The van der Waals surface area contributed by atoms with E-state index in [1.807, 2.05) is 0 Å². The molecule has 0 aliphatic heterocycles. The monoisotopic (exact) mass is 349 g/mol. The Morgan fingerprint density at radius 2 is 2.22 bits per heavy atom. The highest BCUT2D eigenvalue weighted by molar-refractivity contribution is 7.46. The van der Waals surface area contributed by atoms with Gasteiger partial charge in [0, 0.05) is 17.3 Å². The lowest BCUT2D eigenvalue weighted by molar-refractivity contribution is -0.140. The van der Waals surface area contributed by atoms with Crippen molar-refractivity contribution in [1.82, 2.24) is 4.98 Å². The number of carboxylic acids is 1. The Morgan fingerprint density at radius 1 is 1.57 bits per heavy atom. The summed E-state index contributed by atoms with van der Waals surface area (Å²) >= 11 is 0. The van der Waals surface area contributed by atoms with E-state index in [-0.39, 0.29) is 22.6 Å². The highest BCUT2D eigenvalue weighted by Gasteiger charge is 2.17. The van der Waals surface area contributed by atoms with Crippen LogP contribution in [0, 0.1) is 6.92 Å². The van der Waals surface area contributed by atoms with E-state index in [1.54, 1.807) is 0 Å². The molecule has 1 rings (SSSR count).